The third-order valence-electron chi connectivity index (χ3n) is 0.298. The van der Waals surface area contributed by atoms with Crippen molar-refractivity contribution >= 4 is 0 Å². The highest BCUT2D eigenvalue weighted by Gasteiger charge is 1.35. The van der Waals surface area contributed by atoms with E-state index >= 15 is 0 Å². The molecule has 0 saturated heterocycles. The Bertz CT molecular complexity index is 46.9. The van der Waals surface area contributed by atoms with Crippen LogP contribution in [-0.4, -0.2) is 10.2 Å². The Kier molecular flexibility index (Phi) is 21.0. The number of hydrogen-bond acceptors (Lipinski definition) is 2. The Morgan fingerprint density at radius 2 is 1.00 bits per heavy atom. The molecule has 0 aromatic rings. The molecule has 0 aromatic carbocycles. The highest BCUT2D eigenvalue weighted by molar-refractivity contribution is 4.60. The van der Waals surface area contributed by atoms with Crippen molar-refractivity contribution in [3.63, 3.8) is 0 Å². The molecule has 2 heteroatoms. The lowest BCUT2D eigenvalue weighted by Gasteiger charge is -1.53. The van der Waals surface area contributed by atoms with Gasteiger partial charge in [0.25, 0.3) is 0 Å². The van der Waals surface area contributed by atoms with Gasteiger partial charge in [-0.25, -0.2) is 0 Å². The van der Waals surface area contributed by atoms with Crippen LogP contribution in [0.15, 0.2) is 24.7 Å². The fraction of sp³-hybridized carbons (Fsp3) is 0.333. The number of aliphatic hydroxyl groups is 2. The van der Waals surface area contributed by atoms with Crippen LogP contribution in [0.3, 0.4) is 0 Å². The van der Waals surface area contributed by atoms with Crippen molar-refractivity contribution in [2.24, 2.45) is 0 Å². The minimum Gasteiger partial charge on any atom is -0.516 e. The Morgan fingerprint density at radius 1 is 0.875 bits per heavy atom. The van der Waals surface area contributed by atoms with E-state index in [0.29, 0.717) is 0 Å². The zero-order chi connectivity index (χ0) is 6.83. The lowest BCUT2D eigenvalue weighted by atomic mass is 10.8. The molecule has 0 unspecified atom stereocenters. The van der Waals surface area contributed by atoms with Crippen LogP contribution in [0.2, 0.25) is 0 Å². The SMILES string of the molecule is C/C=C/O.C/C=C/O. The summed E-state index contributed by atoms with van der Waals surface area (Å²) < 4.78 is 0. The van der Waals surface area contributed by atoms with Crippen molar-refractivity contribution in [3.8, 4) is 0 Å². The third kappa shape index (κ3) is 72.5. The minimum absolute atomic E-state index is 1.00. The van der Waals surface area contributed by atoms with Crippen molar-refractivity contribution in [2.45, 2.75) is 13.8 Å². The Morgan fingerprint density at radius 3 is 1.00 bits per heavy atom. The van der Waals surface area contributed by atoms with Crippen molar-refractivity contribution in [2.75, 3.05) is 0 Å². The summed E-state index contributed by atoms with van der Waals surface area (Å²) in [4.78, 5) is 0. The summed E-state index contributed by atoms with van der Waals surface area (Å²) in [6.07, 6.45) is 5.11. The molecule has 48 valence electrons. The maximum atomic E-state index is 7.69. The molecule has 0 aliphatic heterocycles. The molecule has 0 aliphatic rings. The Labute approximate surface area is 49.8 Å². The molecule has 2 nitrogen and oxygen atoms in total. The van der Waals surface area contributed by atoms with Crippen LogP contribution in [-0.2, 0) is 0 Å². The van der Waals surface area contributed by atoms with E-state index in [9.17, 15) is 0 Å². The van der Waals surface area contributed by atoms with Crippen molar-refractivity contribution in [1.29, 1.82) is 0 Å². The second kappa shape index (κ2) is 16.5. The lowest BCUT2D eigenvalue weighted by Crippen LogP contribution is -1.36. The van der Waals surface area contributed by atoms with E-state index in [0.717, 1.165) is 12.5 Å². The number of aliphatic hydroxyl groups excluding tert-OH is 2. The van der Waals surface area contributed by atoms with E-state index in [2.05, 4.69) is 0 Å². The standard InChI is InChI=1S/2C3H6O/c2*1-2-3-4/h2*2-4H,1H3/b2*3-2+. The third-order valence-corrected chi connectivity index (χ3v) is 0.298. The molecule has 0 rings (SSSR count). The predicted molar refractivity (Wildman–Crippen MR) is 34.9 cm³/mol. The van der Waals surface area contributed by atoms with Gasteiger partial charge in [0.1, 0.15) is 0 Å². The molecule has 2 N–H and O–H groups in total. The highest BCUT2D eigenvalue weighted by Crippen LogP contribution is 1.52. The van der Waals surface area contributed by atoms with Gasteiger partial charge in [-0.3, -0.25) is 0 Å². The minimum atomic E-state index is 1.00. The molecule has 0 fully saturated rings. The Balaban J connectivity index is 0. The fourth-order valence-corrected chi connectivity index (χ4v) is 0. The first-order valence-electron chi connectivity index (χ1n) is 2.34. The van der Waals surface area contributed by atoms with Gasteiger partial charge in [0, 0.05) is 0 Å². The quantitative estimate of drug-likeness (QED) is 0.476. The molecule has 0 spiro atoms. The van der Waals surface area contributed by atoms with Gasteiger partial charge in [0.15, 0.2) is 0 Å². The van der Waals surface area contributed by atoms with Crippen LogP contribution in [0.1, 0.15) is 13.8 Å². The summed E-state index contributed by atoms with van der Waals surface area (Å²) >= 11 is 0. The van der Waals surface area contributed by atoms with Crippen molar-refractivity contribution in [1.82, 2.24) is 0 Å². The van der Waals surface area contributed by atoms with E-state index in [1.165, 1.54) is 0 Å². The summed E-state index contributed by atoms with van der Waals surface area (Å²) in [6, 6.07) is 0. The first kappa shape index (κ1) is 10.1. The van der Waals surface area contributed by atoms with Gasteiger partial charge >= 0.3 is 0 Å². The fourth-order valence-electron chi connectivity index (χ4n) is 0. The molecule has 0 radical (unpaired) electrons. The molecule has 0 atom stereocenters. The molecule has 8 heavy (non-hydrogen) atoms. The second-order valence-electron chi connectivity index (χ2n) is 0.965. The van der Waals surface area contributed by atoms with Gasteiger partial charge in [0.2, 0.25) is 0 Å². The summed E-state index contributed by atoms with van der Waals surface area (Å²) in [6.45, 7) is 3.50. The van der Waals surface area contributed by atoms with E-state index in [-0.39, 0.29) is 0 Å². The predicted octanol–water partition coefficient (Wildman–Crippen LogP) is 2.16. The van der Waals surface area contributed by atoms with Crippen LogP contribution < -0.4 is 0 Å². The summed E-state index contributed by atoms with van der Waals surface area (Å²) in [5, 5.41) is 15.4. The maximum absolute atomic E-state index is 7.69. The van der Waals surface area contributed by atoms with E-state index < -0.39 is 0 Å². The van der Waals surface area contributed by atoms with Crippen molar-refractivity contribution < 1.29 is 10.2 Å². The zero-order valence-electron chi connectivity index (χ0n) is 5.20. The van der Waals surface area contributed by atoms with Crippen molar-refractivity contribution in [3.05, 3.63) is 24.7 Å². The van der Waals surface area contributed by atoms with Gasteiger partial charge in [0.05, 0.1) is 12.5 Å². The lowest BCUT2D eigenvalue weighted by molar-refractivity contribution is 0.472. The van der Waals surface area contributed by atoms with Crippen LogP contribution in [0.25, 0.3) is 0 Å². The first-order valence-corrected chi connectivity index (χ1v) is 2.34. The Hall–Kier alpha value is -0.920. The highest BCUT2D eigenvalue weighted by atomic mass is 16.2. The summed E-state index contributed by atoms with van der Waals surface area (Å²) in [5.74, 6) is 0. The molecular weight excluding hydrogens is 104 g/mol. The largest absolute Gasteiger partial charge is 0.516 e. The molecule has 0 heterocycles. The smallest absolute Gasteiger partial charge is 0.0748 e. The molecule has 0 saturated carbocycles. The number of allylic oxidation sites excluding steroid dienone is 2. The van der Waals surface area contributed by atoms with E-state index in [1.54, 1.807) is 26.0 Å². The normalized spacial score (nSPS) is 9.25. The average molecular weight is 116 g/mol. The zero-order valence-corrected chi connectivity index (χ0v) is 5.20. The first-order chi connectivity index (χ1) is 3.83. The van der Waals surface area contributed by atoms with Crippen LogP contribution >= 0.6 is 0 Å². The van der Waals surface area contributed by atoms with Crippen LogP contribution in [0, 0.1) is 0 Å². The maximum Gasteiger partial charge on any atom is 0.0748 e. The van der Waals surface area contributed by atoms with Crippen LogP contribution in [0.5, 0.6) is 0 Å². The van der Waals surface area contributed by atoms with Gasteiger partial charge < -0.3 is 10.2 Å². The topological polar surface area (TPSA) is 40.5 Å². The molecule has 0 aliphatic carbocycles. The summed E-state index contributed by atoms with van der Waals surface area (Å²) in [5.41, 5.74) is 0. The summed E-state index contributed by atoms with van der Waals surface area (Å²) in [7, 11) is 0. The average Bonchev–Trinajstić information content (AvgIpc) is 1.88. The van der Waals surface area contributed by atoms with E-state index in [1.807, 2.05) is 0 Å². The molecule has 0 bridgehead atoms. The molecule has 0 amide bonds. The van der Waals surface area contributed by atoms with Gasteiger partial charge in [-0.2, -0.15) is 0 Å². The van der Waals surface area contributed by atoms with E-state index in [4.69, 9.17) is 10.2 Å². The van der Waals surface area contributed by atoms with Crippen LogP contribution in [0.4, 0.5) is 0 Å². The monoisotopic (exact) mass is 116 g/mol. The van der Waals surface area contributed by atoms with Gasteiger partial charge in [-0.15, -0.1) is 0 Å². The van der Waals surface area contributed by atoms with Gasteiger partial charge in [-0.05, 0) is 13.8 Å². The number of rotatable bonds is 0. The molecule has 0 aromatic heterocycles. The molecular formula is C6H12O2. The van der Waals surface area contributed by atoms with Gasteiger partial charge in [-0.1, -0.05) is 12.2 Å². The second-order valence-corrected chi connectivity index (χ2v) is 0.965. The number of hydrogen-bond donors (Lipinski definition) is 2.